The van der Waals surface area contributed by atoms with Crippen LogP contribution in [0.3, 0.4) is 0 Å². The summed E-state index contributed by atoms with van der Waals surface area (Å²) in [6.45, 7) is 5.79. The number of rotatable bonds is 3. The van der Waals surface area contributed by atoms with Gasteiger partial charge in [-0.3, -0.25) is 9.82 Å². The van der Waals surface area contributed by atoms with Crippen molar-refractivity contribution in [3.63, 3.8) is 0 Å². The quantitative estimate of drug-likeness (QED) is 0.772. The van der Waals surface area contributed by atoms with Crippen LogP contribution in [-0.4, -0.2) is 23.8 Å². The molecule has 0 aliphatic rings. The molecule has 0 radical (unpaired) electrons. The van der Waals surface area contributed by atoms with Gasteiger partial charge in [0.05, 0.1) is 23.1 Å². The first kappa shape index (κ1) is 14.6. The van der Waals surface area contributed by atoms with Gasteiger partial charge in [-0.15, -0.1) is 0 Å². The number of sulfonamides is 1. The van der Waals surface area contributed by atoms with Crippen molar-refractivity contribution in [2.45, 2.75) is 31.3 Å². The van der Waals surface area contributed by atoms with E-state index in [0.29, 0.717) is 16.9 Å². The second kappa shape index (κ2) is 4.84. The summed E-state index contributed by atoms with van der Waals surface area (Å²) < 4.78 is 32.3. The molecule has 0 aliphatic carbocycles. The Morgan fingerprint density at radius 1 is 1.27 bits per heavy atom. The summed E-state index contributed by atoms with van der Waals surface area (Å²) in [4.78, 5) is 0. The molecule has 0 bridgehead atoms. The number of para-hydroxylation sites is 1. The Morgan fingerprint density at radius 2 is 2.05 bits per heavy atom. The number of anilines is 1. The maximum Gasteiger partial charge on any atom is 0.298 e. The maximum atomic E-state index is 12.4. The minimum atomic E-state index is -3.85. The lowest BCUT2D eigenvalue weighted by atomic mass is 9.93. The van der Waals surface area contributed by atoms with Crippen LogP contribution in [0.4, 0.5) is 5.69 Å². The number of aromatic nitrogens is 3. The number of nitrogens with zero attached hydrogens (tertiary/aromatic N) is 2. The first-order valence-corrected chi connectivity index (χ1v) is 8.18. The lowest BCUT2D eigenvalue weighted by Crippen LogP contribution is -2.13. The van der Waals surface area contributed by atoms with Crippen molar-refractivity contribution >= 4 is 26.6 Å². The summed E-state index contributed by atoms with van der Waals surface area (Å²) >= 11 is 0. The molecule has 0 atom stereocenters. The summed E-state index contributed by atoms with van der Waals surface area (Å²) in [6, 6.07) is 6.67. The van der Waals surface area contributed by atoms with E-state index in [1.807, 2.05) is 26.8 Å². The smallest absolute Gasteiger partial charge is 0.298 e. The van der Waals surface area contributed by atoms with Crippen LogP contribution < -0.4 is 4.72 Å². The van der Waals surface area contributed by atoms with Gasteiger partial charge >= 0.3 is 0 Å². The fourth-order valence-electron chi connectivity index (χ4n) is 1.99. The SMILES string of the molecule is CC(C)(C)c1cc(S(=O)(=O)Nc2cccc3cn[nH]c23)on1. The first-order chi connectivity index (χ1) is 10.3. The van der Waals surface area contributed by atoms with Gasteiger partial charge < -0.3 is 4.52 Å². The van der Waals surface area contributed by atoms with E-state index in [1.165, 1.54) is 6.07 Å². The average molecular weight is 320 g/mol. The van der Waals surface area contributed by atoms with Gasteiger partial charge in [-0.05, 0) is 6.07 Å². The predicted octanol–water partition coefficient (Wildman–Crippen LogP) is 2.65. The summed E-state index contributed by atoms with van der Waals surface area (Å²) in [7, 11) is -3.85. The van der Waals surface area contributed by atoms with Crippen LogP contribution in [0.25, 0.3) is 10.9 Å². The zero-order valence-corrected chi connectivity index (χ0v) is 13.2. The van der Waals surface area contributed by atoms with Crippen molar-refractivity contribution in [1.82, 2.24) is 15.4 Å². The van der Waals surface area contributed by atoms with E-state index in [9.17, 15) is 8.42 Å². The summed E-state index contributed by atoms with van der Waals surface area (Å²) in [5, 5.41) is 11.1. The van der Waals surface area contributed by atoms with Gasteiger partial charge in [0.25, 0.3) is 15.1 Å². The van der Waals surface area contributed by atoms with Crippen LogP contribution in [0.2, 0.25) is 0 Å². The van der Waals surface area contributed by atoms with Crippen LogP contribution in [0.15, 0.2) is 40.1 Å². The standard InChI is InChI=1S/C14H16N4O3S/c1-14(2,3)11-7-12(21-17-11)22(19,20)18-10-6-4-5-9-8-15-16-13(9)10/h4-8,18H,1-3H3,(H,15,16). The normalized spacial score (nSPS) is 12.7. The molecule has 2 aromatic heterocycles. The Hall–Kier alpha value is -2.35. The number of hydrogen-bond donors (Lipinski definition) is 2. The number of nitrogens with one attached hydrogen (secondary N) is 2. The number of H-pyrrole nitrogens is 1. The molecule has 3 aromatic rings. The maximum absolute atomic E-state index is 12.4. The Balaban J connectivity index is 1.97. The third-order valence-electron chi connectivity index (χ3n) is 3.24. The van der Waals surface area contributed by atoms with E-state index in [0.717, 1.165) is 5.39 Å². The van der Waals surface area contributed by atoms with Crippen molar-refractivity contribution < 1.29 is 12.9 Å². The van der Waals surface area contributed by atoms with Crippen molar-refractivity contribution in [3.8, 4) is 0 Å². The van der Waals surface area contributed by atoms with E-state index >= 15 is 0 Å². The highest BCUT2D eigenvalue weighted by Gasteiger charge is 2.26. The zero-order valence-electron chi connectivity index (χ0n) is 12.4. The van der Waals surface area contributed by atoms with Crippen LogP contribution in [0.1, 0.15) is 26.5 Å². The molecule has 0 saturated carbocycles. The molecule has 8 heteroatoms. The van der Waals surface area contributed by atoms with Crippen LogP contribution in [0, 0.1) is 0 Å². The van der Waals surface area contributed by atoms with E-state index in [1.54, 1.807) is 18.3 Å². The highest BCUT2D eigenvalue weighted by molar-refractivity contribution is 7.92. The summed E-state index contributed by atoms with van der Waals surface area (Å²) in [5.74, 6) is 0. The Bertz CT molecular complexity index is 919. The molecule has 0 aliphatic heterocycles. The van der Waals surface area contributed by atoms with Gasteiger partial charge in [0.1, 0.15) is 0 Å². The molecular weight excluding hydrogens is 304 g/mol. The number of benzene rings is 1. The molecule has 2 heterocycles. The van der Waals surface area contributed by atoms with Crippen molar-refractivity contribution in [3.05, 3.63) is 36.2 Å². The monoisotopic (exact) mass is 320 g/mol. The molecule has 7 nitrogen and oxygen atoms in total. The zero-order chi connectivity index (χ0) is 16.0. The predicted molar refractivity (Wildman–Crippen MR) is 82.1 cm³/mol. The lowest BCUT2D eigenvalue weighted by Gasteiger charge is -2.12. The van der Waals surface area contributed by atoms with E-state index in [-0.39, 0.29) is 10.5 Å². The van der Waals surface area contributed by atoms with Crippen LogP contribution >= 0.6 is 0 Å². The van der Waals surface area contributed by atoms with Gasteiger partial charge in [-0.25, -0.2) is 0 Å². The topological polar surface area (TPSA) is 101 Å². The number of hydrogen-bond acceptors (Lipinski definition) is 5. The minimum Gasteiger partial charge on any atom is -0.342 e. The molecule has 1 aromatic carbocycles. The van der Waals surface area contributed by atoms with E-state index in [2.05, 4.69) is 20.1 Å². The molecule has 116 valence electrons. The largest absolute Gasteiger partial charge is 0.342 e. The fraction of sp³-hybridized carbons (Fsp3) is 0.286. The third-order valence-corrected chi connectivity index (χ3v) is 4.45. The summed E-state index contributed by atoms with van der Waals surface area (Å²) in [6.07, 6.45) is 1.62. The van der Waals surface area contributed by atoms with Crippen molar-refractivity contribution in [2.75, 3.05) is 4.72 Å². The third kappa shape index (κ3) is 2.57. The molecule has 22 heavy (non-hydrogen) atoms. The van der Waals surface area contributed by atoms with Gasteiger partial charge in [-0.1, -0.05) is 38.1 Å². The van der Waals surface area contributed by atoms with Gasteiger partial charge in [-0.2, -0.15) is 13.5 Å². The van der Waals surface area contributed by atoms with Gasteiger partial charge in [0, 0.05) is 16.9 Å². The van der Waals surface area contributed by atoms with Crippen LogP contribution in [0.5, 0.6) is 0 Å². The first-order valence-electron chi connectivity index (χ1n) is 6.69. The molecule has 0 fully saturated rings. The molecule has 0 unspecified atom stereocenters. The van der Waals surface area contributed by atoms with Crippen LogP contribution in [-0.2, 0) is 15.4 Å². The molecule has 3 rings (SSSR count). The molecule has 0 saturated heterocycles. The molecule has 2 N–H and O–H groups in total. The fourth-order valence-corrected chi connectivity index (χ4v) is 2.95. The number of fused-ring (bicyclic) bond motifs is 1. The Labute approximate surface area is 127 Å². The second-order valence-electron chi connectivity index (χ2n) is 6.03. The Morgan fingerprint density at radius 3 is 2.73 bits per heavy atom. The van der Waals surface area contributed by atoms with E-state index < -0.39 is 10.0 Å². The molecule has 0 spiro atoms. The second-order valence-corrected chi connectivity index (χ2v) is 7.64. The average Bonchev–Trinajstić information content (AvgIpc) is 3.07. The molecular formula is C14H16N4O3S. The van der Waals surface area contributed by atoms with E-state index in [4.69, 9.17) is 4.52 Å². The highest BCUT2D eigenvalue weighted by atomic mass is 32.2. The highest BCUT2D eigenvalue weighted by Crippen LogP contribution is 2.26. The summed E-state index contributed by atoms with van der Waals surface area (Å²) in [5.41, 5.74) is 1.30. The lowest BCUT2D eigenvalue weighted by molar-refractivity contribution is 0.327. The number of aromatic amines is 1. The van der Waals surface area contributed by atoms with Crippen molar-refractivity contribution in [1.29, 1.82) is 0 Å². The van der Waals surface area contributed by atoms with Gasteiger partial charge in [0.2, 0.25) is 0 Å². The molecule has 0 amide bonds. The van der Waals surface area contributed by atoms with Gasteiger partial charge in [0.15, 0.2) is 0 Å². The van der Waals surface area contributed by atoms with Crippen molar-refractivity contribution in [2.24, 2.45) is 0 Å². The minimum absolute atomic E-state index is 0.214. The Kier molecular flexibility index (Phi) is 3.21.